The van der Waals surface area contributed by atoms with Crippen molar-refractivity contribution >= 4 is 5.78 Å². The molecule has 30 heavy (non-hydrogen) atoms. The Bertz CT molecular complexity index is 707. The van der Waals surface area contributed by atoms with Gasteiger partial charge in [0.2, 0.25) is 0 Å². The van der Waals surface area contributed by atoms with Crippen LogP contribution >= 0.6 is 0 Å². The largest absolute Gasteiger partial charge is 0.492 e. The maximum Gasteiger partial charge on any atom is 0.193 e. The van der Waals surface area contributed by atoms with Crippen LogP contribution < -0.4 is 9.47 Å². The number of nitrogens with zero attached hydrogens (tertiary/aromatic N) is 2. The first kappa shape index (κ1) is 23.9. The predicted molar refractivity (Wildman–Crippen MR) is 123 cm³/mol. The second-order valence-corrected chi connectivity index (χ2v) is 7.14. The molecule has 0 aromatic heterocycles. The van der Waals surface area contributed by atoms with E-state index in [0.29, 0.717) is 24.3 Å². The maximum atomic E-state index is 13.0. The Hall–Kier alpha value is -2.37. The number of benzene rings is 2. The third-order valence-electron chi connectivity index (χ3n) is 5.33. The fraction of sp³-hybridized carbons (Fsp3) is 0.480. The summed E-state index contributed by atoms with van der Waals surface area (Å²) in [5.74, 6) is 1.41. The van der Waals surface area contributed by atoms with Crippen LogP contribution in [0, 0.1) is 0 Å². The summed E-state index contributed by atoms with van der Waals surface area (Å²) in [7, 11) is 0. The van der Waals surface area contributed by atoms with Gasteiger partial charge in [-0.1, -0.05) is 52.0 Å². The van der Waals surface area contributed by atoms with Crippen molar-refractivity contribution in [3.8, 4) is 11.5 Å². The minimum atomic E-state index is -0.0293. The molecule has 0 bridgehead atoms. The van der Waals surface area contributed by atoms with Crippen molar-refractivity contribution in [2.24, 2.45) is 0 Å². The van der Waals surface area contributed by atoms with Crippen LogP contribution in [0.1, 0.15) is 43.6 Å². The summed E-state index contributed by atoms with van der Waals surface area (Å²) in [5, 5.41) is 0. The van der Waals surface area contributed by atoms with Crippen LogP contribution in [-0.2, 0) is 0 Å². The fourth-order valence-corrected chi connectivity index (χ4v) is 3.29. The summed E-state index contributed by atoms with van der Waals surface area (Å²) in [6, 6.07) is 14.8. The molecule has 0 radical (unpaired) electrons. The van der Waals surface area contributed by atoms with E-state index in [1.54, 1.807) is 0 Å². The lowest BCUT2D eigenvalue weighted by Gasteiger charge is -2.18. The molecule has 0 saturated carbocycles. The van der Waals surface area contributed by atoms with E-state index in [1.165, 1.54) is 0 Å². The molecule has 2 rings (SSSR count). The Balaban J connectivity index is 1.97. The quantitative estimate of drug-likeness (QED) is 0.431. The highest BCUT2D eigenvalue weighted by molar-refractivity contribution is 6.09. The standard InChI is InChI=1S/C25H36N2O3/c1-5-26(6-2)15-17-29-23-13-9-11-21(19-23)25(28)22-12-10-14-24(20-22)30-18-16-27(7-3)8-4/h9-14,19-20H,5-8,15-18H2,1-4H3. The molecule has 0 heterocycles. The molecule has 0 aliphatic carbocycles. The Morgan fingerprint density at radius 2 is 1.10 bits per heavy atom. The SMILES string of the molecule is CCN(CC)CCOc1cccc(C(=O)c2cccc(OCCN(CC)CC)c2)c1. The predicted octanol–water partition coefficient (Wildman–Crippen LogP) is 4.36. The van der Waals surface area contributed by atoms with E-state index in [1.807, 2.05) is 48.5 Å². The lowest BCUT2D eigenvalue weighted by Crippen LogP contribution is -2.27. The minimum Gasteiger partial charge on any atom is -0.492 e. The minimum absolute atomic E-state index is 0.0293. The van der Waals surface area contributed by atoms with Gasteiger partial charge in [0.1, 0.15) is 24.7 Å². The number of ketones is 1. The summed E-state index contributed by atoms with van der Waals surface area (Å²) in [4.78, 5) is 17.6. The van der Waals surface area contributed by atoms with Gasteiger partial charge >= 0.3 is 0 Å². The Labute approximate surface area is 181 Å². The zero-order chi connectivity index (χ0) is 21.8. The molecule has 5 nitrogen and oxygen atoms in total. The Kier molecular flexibility index (Phi) is 10.4. The zero-order valence-corrected chi connectivity index (χ0v) is 18.9. The Morgan fingerprint density at radius 3 is 1.47 bits per heavy atom. The van der Waals surface area contributed by atoms with E-state index in [9.17, 15) is 4.79 Å². The molecule has 0 amide bonds. The third-order valence-corrected chi connectivity index (χ3v) is 5.33. The first-order valence-electron chi connectivity index (χ1n) is 11.1. The molecular formula is C25H36N2O3. The van der Waals surface area contributed by atoms with E-state index >= 15 is 0 Å². The van der Waals surface area contributed by atoms with Crippen molar-refractivity contribution in [2.75, 3.05) is 52.5 Å². The van der Waals surface area contributed by atoms with Gasteiger partial charge < -0.3 is 19.3 Å². The Morgan fingerprint density at radius 1 is 0.700 bits per heavy atom. The first-order chi connectivity index (χ1) is 14.6. The van der Waals surface area contributed by atoms with E-state index in [0.717, 1.165) is 50.8 Å². The number of rotatable bonds is 14. The van der Waals surface area contributed by atoms with Crippen LogP contribution in [-0.4, -0.2) is 68.1 Å². The van der Waals surface area contributed by atoms with Crippen LogP contribution in [0.3, 0.4) is 0 Å². The molecule has 0 aliphatic heterocycles. The van der Waals surface area contributed by atoms with E-state index in [-0.39, 0.29) is 5.78 Å². The number of hydrogen-bond donors (Lipinski definition) is 0. The highest BCUT2D eigenvalue weighted by Gasteiger charge is 2.11. The monoisotopic (exact) mass is 412 g/mol. The maximum absolute atomic E-state index is 13.0. The molecule has 2 aromatic carbocycles. The van der Waals surface area contributed by atoms with Crippen LogP contribution in [0.25, 0.3) is 0 Å². The number of carbonyl (C=O) groups excluding carboxylic acids is 1. The molecule has 164 valence electrons. The second kappa shape index (κ2) is 13.0. The van der Waals surface area contributed by atoms with Gasteiger partial charge in [-0.2, -0.15) is 0 Å². The fourth-order valence-electron chi connectivity index (χ4n) is 3.29. The lowest BCUT2D eigenvalue weighted by molar-refractivity contribution is 0.103. The van der Waals surface area contributed by atoms with Gasteiger partial charge in [0, 0.05) is 24.2 Å². The number of hydrogen-bond acceptors (Lipinski definition) is 5. The van der Waals surface area contributed by atoms with Crippen molar-refractivity contribution in [3.05, 3.63) is 59.7 Å². The summed E-state index contributed by atoms with van der Waals surface area (Å²) in [5.41, 5.74) is 1.24. The molecule has 0 saturated heterocycles. The molecule has 5 heteroatoms. The van der Waals surface area contributed by atoms with Crippen molar-refractivity contribution in [1.82, 2.24) is 9.80 Å². The molecule has 0 unspecified atom stereocenters. The van der Waals surface area contributed by atoms with Crippen LogP contribution in [0.15, 0.2) is 48.5 Å². The second-order valence-electron chi connectivity index (χ2n) is 7.14. The van der Waals surface area contributed by atoms with Crippen molar-refractivity contribution < 1.29 is 14.3 Å². The summed E-state index contributed by atoms with van der Waals surface area (Å²) >= 11 is 0. The van der Waals surface area contributed by atoms with Gasteiger partial charge in [-0.15, -0.1) is 0 Å². The number of likely N-dealkylation sites (N-methyl/N-ethyl adjacent to an activating group) is 2. The molecular weight excluding hydrogens is 376 g/mol. The number of ether oxygens (including phenoxy) is 2. The first-order valence-corrected chi connectivity index (χ1v) is 11.1. The van der Waals surface area contributed by atoms with E-state index < -0.39 is 0 Å². The average molecular weight is 413 g/mol. The van der Waals surface area contributed by atoms with Gasteiger partial charge in [0.15, 0.2) is 5.78 Å². The van der Waals surface area contributed by atoms with Crippen LogP contribution in [0.5, 0.6) is 11.5 Å². The molecule has 0 fully saturated rings. The molecule has 0 spiro atoms. The average Bonchev–Trinajstić information content (AvgIpc) is 2.79. The van der Waals surface area contributed by atoms with Gasteiger partial charge in [-0.3, -0.25) is 4.79 Å². The van der Waals surface area contributed by atoms with Gasteiger partial charge in [0.25, 0.3) is 0 Å². The molecule has 0 N–H and O–H groups in total. The van der Waals surface area contributed by atoms with Crippen molar-refractivity contribution in [1.29, 1.82) is 0 Å². The lowest BCUT2D eigenvalue weighted by atomic mass is 10.0. The zero-order valence-electron chi connectivity index (χ0n) is 18.9. The van der Waals surface area contributed by atoms with Crippen molar-refractivity contribution in [2.45, 2.75) is 27.7 Å². The summed E-state index contributed by atoms with van der Waals surface area (Å²) < 4.78 is 11.7. The highest BCUT2D eigenvalue weighted by atomic mass is 16.5. The summed E-state index contributed by atoms with van der Waals surface area (Å²) in [6.07, 6.45) is 0. The van der Waals surface area contributed by atoms with Gasteiger partial charge in [-0.05, 0) is 50.4 Å². The summed E-state index contributed by atoms with van der Waals surface area (Å²) in [6.45, 7) is 15.6. The van der Waals surface area contributed by atoms with Crippen LogP contribution in [0.2, 0.25) is 0 Å². The van der Waals surface area contributed by atoms with Crippen molar-refractivity contribution in [3.63, 3.8) is 0 Å². The molecule has 2 aromatic rings. The molecule has 0 atom stereocenters. The van der Waals surface area contributed by atoms with Gasteiger partial charge in [0.05, 0.1) is 0 Å². The van der Waals surface area contributed by atoms with E-state index in [4.69, 9.17) is 9.47 Å². The third kappa shape index (κ3) is 7.47. The number of carbonyl (C=O) groups is 1. The van der Waals surface area contributed by atoms with Crippen LogP contribution in [0.4, 0.5) is 0 Å². The normalized spacial score (nSPS) is 11.1. The van der Waals surface area contributed by atoms with E-state index in [2.05, 4.69) is 37.5 Å². The highest BCUT2D eigenvalue weighted by Crippen LogP contribution is 2.20. The van der Waals surface area contributed by atoms with Gasteiger partial charge in [-0.25, -0.2) is 0 Å². The smallest absolute Gasteiger partial charge is 0.193 e. The topological polar surface area (TPSA) is 42.0 Å². The molecule has 0 aliphatic rings.